The van der Waals surface area contributed by atoms with E-state index in [4.69, 9.17) is 0 Å². The minimum atomic E-state index is -0.842. The second kappa shape index (κ2) is 4.56. The maximum atomic E-state index is 13.3. The number of carbonyl (C=O) groups is 2. The van der Waals surface area contributed by atoms with Crippen LogP contribution in [-0.4, -0.2) is 18.7 Å². The molecule has 0 N–H and O–H groups in total. The molecule has 0 radical (unpaired) electrons. The summed E-state index contributed by atoms with van der Waals surface area (Å²) in [5.74, 6) is 0.0865. The van der Waals surface area contributed by atoms with Gasteiger partial charge >= 0.3 is 0 Å². The van der Waals surface area contributed by atoms with E-state index in [0.717, 1.165) is 39.1 Å². The number of likely N-dealkylation sites (N-methyl/N-ethyl adjacent to an activating group) is 1. The first-order chi connectivity index (χ1) is 11.3. The largest absolute Gasteiger partial charge is 0.314 e. The number of aryl methyl sites for hydroxylation is 4. The maximum absolute atomic E-state index is 13.3. The fraction of sp³-hybridized carbons (Fsp3) is 0.333. The highest BCUT2D eigenvalue weighted by atomic mass is 16.2. The van der Waals surface area contributed by atoms with Crippen molar-refractivity contribution in [1.29, 1.82) is 0 Å². The number of anilines is 1. The SMILES string of the molecule is Cc1cc(C)c2c(c1)C1(CC(=O)c3cc(C)c(C)cc31)C(=O)N2C. The van der Waals surface area contributed by atoms with Crippen LogP contribution in [0.4, 0.5) is 5.69 Å². The van der Waals surface area contributed by atoms with Crippen LogP contribution in [-0.2, 0) is 10.2 Å². The van der Waals surface area contributed by atoms with Gasteiger partial charge in [-0.15, -0.1) is 0 Å². The zero-order valence-electron chi connectivity index (χ0n) is 14.8. The molecule has 1 unspecified atom stereocenters. The van der Waals surface area contributed by atoms with Crippen LogP contribution in [0.15, 0.2) is 24.3 Å². The highest BCUT2D eigenvalue weighted by molar-refractivity contribution is 6.19. The molecule has 1 aliphatic heterocycles. The summed E-state index contributed by atoms with van der Waals surface area (Å²) in [7, 11) is 1.82. The first kappa shape index (κ1) is 15.1. The minimum Gasteiger partial charge on any atom is -0.314 e. The zero-order chi connectivity index (χ0) is 17.4. The number of benzene rings is 2. The standard InChI is InChI=1S/C21H21NO2/c1-11-6-14(4)19-17(7-11)21(20(24)22(19)5)10-18(23)15-8-12(2)13(3)9-16(15)21/h6-9H,10H2,1-5H3. The van der Waals surface area contributed by atoms with E-state index in [0.29, 0.717) is 5.56 Å². The number of amides is 1. The Morgan fingerprint density at radius 3 is 2.25 bits per heavy atom. The van der Waals surface area contributed by atoms with Gasteiger partial charge in [-0.25, -0.2) is 0 Å². The Kier molecular flexibility index (Phi) is 2.88. The molecule has 0 fully saturated rings. The number of carbonyl (C=O) groups excluding carboxylic acids is 2. The predicted molar refractivity (Wildman–Crippen MR) is 95.0 cm³/mol. The van der Waals surface area contributed by atoms with Crippen molar-refractivity contribution in [2.45, 2.75) is 39.5 Å². The average molecular weight is 319 g/mol. The molecule has 1 amide bonds. The molecule has 3 heteroatoms. The van der Waals surface area contributed by atoms with Gasteiger partial charge in [0.05, 0.1) is 5.69 Å². The van der Waals surface area contributed by atoms with Crippen molar-refractivity contribution in [3.63, 3.8) is 0 Å². The quantitative estimate of drug-likeness (QED) is 0.741. The van der Waals surface area contributed by atoms with E-state index in [9.17, 15) is 9.59 Å². The van der Waals surface area contributed by atoms with E-state index >= 15 is 0 Å². The second-order valence-corrected chi connectivity index (χ2v) is 7.33. The summed E-state index contributed by atoms with van der Waals surface area (Å²) in [5.41, 5.74) is 7.14. The minimum absolute atomic E-state index is 0.0153. The number of hydrogen-bond acceptors (Lipinski definition) is 2. The molecule has 1 atom stereocenters. The van der Waals surface area contributed by atoms with Gasteiger partial charge in [0.2, 0.25) is 5.91 Å². The van der Waals surface area contributed by atoms with E-state index in [-0.39, 0.29) is 18.1 Å². The summed E-state index contributed by atoms with van der Waals surface area (Å²) in [6.07, 6.45) is 0.240. The smallest absolute Gasteiger partial charge is 0.242 e. The summed E-state index contributed by atoms with van der Waals surface area (Å²) in [5, 5.41) is 0. The fourth-order valence-electron chi connectivity index (χ4n) is 4.50. The van der Waals surface area contributed by atoms with Crippen molar-refractivity contribution in [2.75, 3.05) is 11.9 Å². The Balaban J connectivity index is 2.11. The lowest BCUT2D eigenvalue weighted by Crippen LogP contribution is -2.38. The van der Waals surface area contributed by atoms with Gasteiger partial charge in [0.15, 0.2) is 5.78 Å². The van der Waals surface area contributed by atoms with E-state index in [1.54, 1.807) is 4.90 Å². The molecule has 1 heterocycles. The van der Waals surface area contributed by atoms with Gasteiger partial charge in [-0.05, 0) is 61.6 Å². The molecule has 1 aliphatic carbocycles. The molecular weight excluding hydrogens is 298 g/mol. The molecule has 2 aromatic carbocycles. The number of Topliss-reactive ketones (excluding diaryl/α,β-unsaturated/α-hetero) is 1. The molecule has 0 bridgehead atoms. The van der Waals surface area contributed by atoms with Gasteiger partial charge in [-0.1, -0.05) is 23.8 Å². The molecule has 2 aliphatic rings. The fourth-order valence-corrected chi connectivity index (χ4v) is 4.50. The van der Waals surface area contributed by atoms with Crippen LogP contribution >= 0.6 is 0 Å². The Morgan fingerprint density at radius 2 is 1.54 bits per heavy atom. The number of nitrogens with zero attached hydrogens (tertiary/aromatic N) is 1. The lowest BCUT2D eigenvalue weighted by molar-refractivity contribution is -0.121. The first-order valence-corrected chi connectivity index (χ1v) is 8.32. The van der Waals surface area contributed by atoms with Crippen molar-refractivity contribution in [3.05, 3.63) is 63.2 Å². The molecule has 0 saturated carbocycles. The third-order valence-electron chi connectivity index (χ3n) is 5.73. The van der Waals surface area contributed by atoms with Crippen molar-refractivity contribution >= 4 is 17.4 Å². The highest BCUT2D eigenvalue weighted by Crippen LogP contribution is 2.54. The third kappa shape index (κ3) is 1.62. The van der Waals surface area contributed by atoms with Crippen LogP contribution < -0.4 is 4.90 Å². The first-order valence-electron chi connectivity index (χ1n) is 8.32. The number of hydrogen-bond donors (Lipinski definition) is 0. The van der Waals surface area contributed by atoms with Crippen molar-refractivity contribution in [1.82, 2.24) is 0 Å². The Hall–Kier alpha value is -2.42. The normalized spacial score (nSPS) is 21.6. The van der Waals surface area contributed by atoms with Gasteiger partial charge in [0.1, 0.15) is 5.41 Å². The second-order valence-electron chi connectivity index (χ2n) is 7.33. The number of fused-ring (bicyclic) bond motifs is 4. The van der Waals surface area contributed by atoms with E-state index in [2.05, 4.69) is 12.1 Å². The molecular formula is C21H21NO2. The number of ketones is 1. The van der Waals surface area contributed by atoms with Crippen molar-refractivity contribution in [3.8, 4) is 0 Å². The zero-order valence-corrected chi connectivity index (χ0v) is 14.8. The third-order valence-corrected chi connectivity index (χ3v) is 5.73. The molecule has 122 valence electrons. The van der Waals surface area contributed by atoms with Crippen LogP contribution in [0.1, 0.15) is 50.2 Å². The van der Waals surface area contributed by atoms with Crippen LogP contribution in [0.25, 0.3) is 0 Å². The predicted octanol–water partition coefficient (Wildman–Crippen LogP) is 3.77. The van der Waals surface area contributed by atoms with Gasteiger partial charge in [0, 0.05) is 19.0 Å². The van der Waals surface area contributed by atoms with Crippen LogP contribution in [0.5, 0.6) is 0 Å². The van der Waals surface area contributed by atoms with Gasteiger partial charge in [0.25, 0.3) is 0 Å². The molecule has 2 aromatic rings. The van der Waals surface area contributed by atoms with Gasteiger partial charge in [-0.2, -0.15) is 0 Å². The summed E-state index contributed by atoms with van der Waals surface area (Å²) >= 11 is 0. The summed E-state index contributed by atoms with van der Waals surface area (Å²) in [6, 6.07) is 8.19. The van der Waals surface area contributed by atoms with Crippen molar-refractivity contribution < 1.29 is 9.59 Å². The topological polar surface area (TPSA) is 37.4 Å². The summed E-state index contributed by atoms with van der Waals surface area (Å²) in [4.78, 5) is 27.8. The Morgan fingerprint density at radius 1 is 0.875 bits per heavy atom. The maximum Gasteiger partial charge on any atom is 0.242 e. The molecule has 24 heavy (non-hydrogen) atoms. The van der Waals surface area contributed by atoms with E-state index in [1.807, 2.05) is 46.9 Å². The van der Waals surface area contributed by atoms with E-state index in [1.165, 1.54) is 0 Å². The summed E-state index contributed by atoms with van der Waals surface area (Å²) in [6.45, 7) is 8.13. The highest BCUT2D eigenvalue weighted by Gasteiger charge is 2.57. The lowest BCUT2D eigenvalue weighted by Gasteiger charge is -2.24. The van der Waals surface area contributed by atoms with Gasteiger partial charge < -0.3 is 4.90 Å². The van der Waals surface area contributed by atoms with Gasteiger partial charge in [-0.3, -0.25) is 9.59 Å². The van der Waals surface area contributed by atoms with Crippen LogP contribution in [0.3, 0.4) is 0 Å². The monoisotopic (exact) mass is 319 g/mol. The van der Waals surface area contributed by atoms with Crippen LogP contribution in [0.2, 0.25) is 0 Å². The molecule has 3 nitrogen and oxygen atoms in total. The number of rotatable bonds is 0. The Labute approximate surface area is 142 Å². The lowest BCUT2D eigenvalue weighted by atomic mass is 9.75. The molecule has 0 aromatic heterocycles. The van der Waals surface area contributed by atoms with Crippen LogP contribution in [0, 0.1) is 27.7 Å². The molecule has 4 rings (SSSR count). The van der Waals surface area contributed by atoms with E-state index < -0.39 is 5.41 Å². The summed E-state index contributed by atoms with van der Waals surface area (Å²) < 4.78 is 0. The molecule has 0 saturated heterocycles. The molecule has 1 spiro atoms. The Bertz CT molecular complexity index is 941. The average Bonchev–Trinajstić information content (AvgIpc) is 2.89. The van der Waals surface area contributed by atoms with Crippen molar-refractivity contribution in [2.24, 2.45) is 0 Å².